The third kappa shape index (κ3) is 8.06. The summed E-state index contributed by atoms with van der Waals surface area (Å²) in [5.74, 6) is 0.0557. The third-order valence-electron chi connectivity index (χ3n) is 2.58. The van der Waals surface area contributed by atoms with Crippen LogP contribution in [-0.4, -0.2) is 25.4 Å². The maximum absolute atomic E-state index is 12.0. The van der Waals surface area contributed by atoms with Crippen molar-refractivity contribution in [1.29, 1.82) is 0 Å². The molecule has 0 aliphatic heterocycles. The van der Waals surface area contributed by atoms with E-state index in [4.69, 9.17) is 0 Å². The van der Waals surface area contributed by atoms with Crippen LogP contribution in [0.5, 0.6) is 5.75 Å². The largest absolute Gasteiger partial charge is 0.573 e. The molecule has 1 aromatic rings. The van der Waals surface area contributed by atoms with E-state index in [1.165, 1.54) is 24.3 Å². The molecule has 1 aromatic carbocycles. The minimum Gasteiger partial charge on any atom is -0.406 e. The Kier molecular flexibility index (Phi) is 6.33. The Labute approximate surface area is 121 Å². The molecule has 0 bridgehead atoms. The van der Waals surface area contributed by atoms with E-state index >= 15 is 0 Å². The molecule has 1 rings (SSSR count). The van der Waals surface area contributed by atoms with Crippen molar-refractivity contribution in [2.45, 2.75) is 26.6 Å². The highest BCUT2D eigenvalue weighted by molar-refractivity contribution is 5.80. The van der Waals surface area contributed by atoms with Crippen LogP contribution in [0.1, 0.15) is 20.3 Å². The molecule has 0 saturated carbocycles. The normalized spacial score (nSPS) is 11.3. The lowest BCUT2D eigenvalue weighted by atomic mass is 10.1. The van der Waals surface area contributed by atoms with Crippen LogP contribution in [0.4, 0.5) is 18.9 Å². The fourth-order valence-corrected chi connectivity index (χ4v) is 1.52. The molecular weight excluding hydrogens is 285 g/mol. The quantitative estimate of drug-likeness (QED) is 0.813. The molecule has 118 valence electrons. The van der Waals surface area contributed by atoms with Crippen LogP contribution in [0, 0.1) is 5.92 Å². The maximum atomic E-state index is 12.0. The topological polar surface area (TPSA) is 50.4 Å². The van der Waals surface area contributed by atoms with Gasteiger partial charge in [0.05, 0.1) is 6.54 Å². The molecule has 2 N–H and O–H groups in total. The number of amides is 1. The van der Waals surface area contributed by atoms with Crippen LogP contribution >= 0.6 is 0 Å². The average Bonchev–Trinajstić information content (AvgIpc) is 2.35. The minimum atomic E-state index is -4.70. The second-order valence-corrected chi connectivity index (χ2v) is 4.96. The summed E-state index contributed by atoms with van der Waals surface area (Å²) < 4.78 is 39.7. The van der Waals surface area contributed by atoms with E-state index in [2.05, 4.69) is 29.2 Å². The van der Waals surface area contributed by atoms with Crippen molar-refractivity contribution in [1.82, 2.24) is 5.32 Å². The summed E-state index contributed by atoms with van der Waals surface area (Å²) in [6.45, 7) is 4.80. The SMILES string of the molecule is CC(C)CCNC(=O)CNc1ccc(OC(F)(F)F)cc1. The summed E-state index contributed by atoms with van der Waals surface area (Å²) in [7, 11) is 0. The van der Waals surface area contributed by atoms with E-state index in [0.717, 1.165) is 6.42 Å². The van der Waals surface area contributed by atoms with Crippen LogP contribution < -0.4 is 15.4 Å². The number of carbonyl (C=O) groups excluding carboxylic acids is 1. The zero-order chi connectivity index (χ0) is 15.9. The van der Waals surface area contributed by atoms with E-state index in [-0.39, 0.29) is 18.2 Å². The molecule has 21 heavy (non-hydrogen) atoms. The number of hydrogen-bond donors (Lipinski definition) is 2. The molecule has 0 saturated heterocycles. The number of hydrogen-bond acceptors (Lipinski definition) is 3. The summed E-state index contributed by atoms with van der Waals surface area (Å²) in [5, 5.41) is 5.58. The van der Waals surface area contributed by atoms with Gasteiger partial charge >= 0.3 is 6.36 Å². The van der Waals surface area contributed by atoms with Gasteiger partial charge in [-0.25, -0.2) is 0 Å². The number of anilines is 1. The summed E-state index contributed by atoms with van der Waals surface area (Å²) >= 11 is 0. The molecule has 1 amide bonds. The zero-order valence-electron chi connectivity index (χ0n) is 12.0. The van der Waals surface area contributed by atoms with Gasteiger partial charge in [-0.05, 0) is 36.6 Å². The summed E-state index contributed by atoms with van der Waals surface area (Å²) in [5.41, 5.74) is 0.545. The number of ether oxygens (including phenoxy) is 1. The first-order chi connectivity index (χ1) is 9.76. The van der Waals surface area contributed by atoms with Crippen LogP contribution in [0.15, 0.2) is 24.3 Å². The van der Waals surface area contributed by atoms with Crippen LogP contribution in [0.2, 0.25) is 0 Å². The zero-order valence-corrected chi connectivity index (χ0v) is 12.0. The van der Waals surface area contributed by atoms with Gasteiger partial charge in [-0.15, -0.1) is 13.2 Å². The average molecular weight is 304 g/mol. The minimum absolute atomic E-state index is 0.0670. The standard InChI is InChI=1S/C14H19F3N2O2/c1-10(2)7-8-18-13(20)9-19-11-3-5-12(6-4-11)21-14(15,16)17/h3-6,10,19H,7-9H2,1-2H3,(H,18,20). The van der Waals surface area contributed by atoms with Gasteiger partial charge in [0.1, 0.15) is 5.75 Å². The lowest BCUT2D eigenvalue weighted by Gasteiger charge is -2.11. The van der Waals surface area contributed by atoms with Gasteiger partial charge in [0, 0.05) is 12.2 Å². The molecule has 0 atom stereocenters. The van der Waals surface area contributed by atoms with Crippen LogP contribution in [0.25, 0.3) is 0 Å². The number of nitrogens with one attached hydrogen (secondary N) is 2. The van der Waals surface area contributed by atoms with Gasteiger partial charge in [0.15, 0.2) is 0 Å². The van der Waals surface area contributed by atoms with Gasteiger partial charge in [-0.3, -0.25) is 4.79 Å². The summed E-state index contributed by atoms with van der Waals surface area (Å²) in [6.07, 6.45) is -3.81. The van der Waals surface area contributed by atoms with Crippen molar-refractivity contribution in [3.63, 3.8) is 0 Å². The molecule has 0 aromatic heterocycles. The summed E-state index contributed by atoms with van der Waals surface area (Å²) in [4.78, 5) is 11.5. The van der Waals surface area contributed by atoms with Crippen LogP contribution in [0.3, 0.4) is 0 Å². The first kappa shape index (κ1) is 17.1. The Hall–Kier alpha value is -1.92. The van der Waals surface area contributed by atoms with Gasteiger partial charge in [0.25, 0.3) is 0 Å². The van der Waals surface area contributed by atoms with E-state index in [0.29, 0.717) is 18.2 Å². The highest BCUT2D eigenvalue weighted by atomic mass is 19.4. The number of carbonyl (C=O) groups is 1. The lowest BCUT2D eigenvalue weighted by molar-refractivity contribution is -0.274. The molecule has 0 radical (unpaired) electrons. The van der Waals surface area contributed by atoms with Crippen molar-refractivity contribution in [2.75, 3.05) is 18.4 Å². The fourth-order valence-electron chi connectivity index (χ4n) is 1.52. The van der Waals surface area contributed by atoms with Gasteiger partial charge in [0.2, 0.25) is 5.91 Å². The van der Waals surface area contributed by atoms with Crippen molar-refractivity contribution >= 4 is 11.6 Å². The fraction of sp³-hybridized carbons (Fsp3) is 0.500. The number of rotatable bonds is 7. The summed E-state index contributed by atoms with van der Waals surface area (Å²) in [6, 6.07) is 5.21. The van der Waals surface area contributed by atoms with E-state index < -0.39 is 6.36 Å². The molecular formula is C14H19F3N2O2. The van der Waals surface area contributed by atoms with Crippen molar-refractivity contribution in [3.05, 3.63) is 24.3 Å². The predicted molar refractivity (Wildman–Crippen MR) is 74.1 cm³/mol. The van der Waals surface area contributed by atoms with E-state index in [9.17, 15) is 18.0 Å². The molecule has 0 fully saturated rings. The highest BCUT2D eigenvalue weighted by Crippen LogP contribution is 2.23. The second kappa shape index (κ2) is 7.75. The van der Waals surface area contributed by atoms with E-state index in [1.807, 2.05) is 0 Å². The first-order valence-corrected chi connectivity index (χ1v) is 6.62. The predicted octanol–water partition coefficient (Wildman–Crippen LogP) is 3.16. The van der Waals surface area contributed by atoms with Gasteiger partial charge in [-0.2, -0.15) is 0 Å². The first-order valence-electron chi connectivity index (χ1n) is 6.62. The molecule has 0 spiro atoms. The van der Waals surface area contributed by atoms with E-state index in [1.54, 1.807) is 0 Å². The van der Waals surface area contributed by atoms with Crippen molar-refractivity contribution < 1.29 is 22.7 Å². The van der Waals surface area contributed by atoms with Gasteiger partial charge < -0.3 is 15.4 Å². The van der Waals surface area contributed by atoms with Crippen LogP contribution in [-0.2, 0) is 4.79 Å². The third-order valence-corrected chi connectivity index (χ3v) is 2.58. The molecule has 4 nitrogen and oxygen atoms in total. The lowest BCUT2D eigenvalue weighted by Crippen LogP contribution is -2.31. The molecule has 0 heterocycles. The molecule has 0 unspecified atom stereocenters. The van der Waals surface area contributed by atoms with Crippen molar-refractivity contribution in [2.24, 2.45) is 5.92 Å². The molecule has 0 aliphatic carbocycles. The smallest absolute Gasteiger partial charge is 0.406 e. The number of halogens is 3. The number of alkyl halides is 3. The Morgan fingerprint density at radius 2 is 1.86 bits per heavy atom. The molecule has 7 heteroatoms. The Morgan fingerprint density at radius 3 is 2.38 bits per heavy atom. The molecule has 0 aliphatic rings. The van der Waals surface area contributed by atoms with Crippen molar-refractivity contribution in [3.8, 4) is 5.75 Å². The Bertz CT molecular complexity index is 445. The Morgan fingerprint density at radius 1 is 1.24 bits per heavy atom. The number of benzene rings is 1. The maximum Gasteiger partial charge on any atom is 0.573 e. The Balaban J connectivity index is 2.34. The highest BCUT2D eigenvalue weighted by Gasteiger charge is 2.30. The monoisotopic (exact) mass is 304 g/mol. The second-order valence-electron chi connectivity index (χ2n) is 4.96. The van der Waals surface area contributed by atoms with Gasteiger partial charge in [-0.1, -0.05) is 13.8 Å².